The predicted molar refractivity (Wildman–Crippen MR) is 76.4 cm³/mol. The van der Waals surface area contributed by atoms with Crippen molar-refractivity contribution < 1.29 is 19.1 Å². The summed E-state index contributed by atoms with van der Waals surface area (Å²) in [5, 5.41) is 0. The average Bonchev–Trinajstić information content (AvgIpc) is 2.70. The van der Waals surface area contributed by atoms with Gasteiger partial charge in [-0.05, 0) is 6.92 Å². The Hall–Kier alpha value is -1.89. The molecule has 0 atom stereocenters. The lowest BCUT2D eigenvalue weighted by Crippen LogP contribution is -2.04. The van der Waals surface area contributed by atoms with Gasteiger partial charge in [0.25, 0.3) is 0 Å². The smallest absolute Gasteiger partial charge is 0.362 e. The molecular weight excluding hydrogens is 283 g/mol. The summed E-state index contributed by atoms with van der Waals surface area (Å²) in [6.45, 7) is 9.07. The lowest BCUT2D eigenvalue weighted by atomic mass is 10.3. The van der Waals surface area contributed by atoms with Gasteiger partial charge in [-0.1, -0.05) is 13.2 Å². The molecule has 0 fully saturated rings. The molecule has 0 amide bonds. The van der Waals surface area contributed by atoms with Gasteiger partial charge in [-0.2, -0.15) is 0 Å². The van der Waals surface area contributed by atoms with Crippen molar-refractivity contribution in [2.45, 2.75) is 13.5 Å². The van der Waals surface area contributed by atoms with Gasteiger partial charge < -0.3 is 24.8 Å². The number of nitrogens with two attached hydrogens (primary N) is 1. The van der Waals surface area contributed by atoms with Crippen molar-refractivity contribution >= 4 is 25.3 Å². The Labute approximate surface area is 116 Å². The van der Waals surface area contributed by atoms with Crippen LogP contribution in [0, 0.1) is 0 Å². The molecule has 0 spiro atoms. The summed E-state index contributed by atoms with van der Waals surface area (Å²) < 4.78 is 17.2. The summed E-state index contributed by atoms with van der Waals surface area (Å²) in [5.41, 5.74) is 6.31. The van der Waals surface area contributed by atoms with Crippen LogP contribution >= 0.6 is 7.60 Å². The van der Waals surface area contributed by atoms with Crippen LogP contribution in [-0.2, 0) is 15.8 Å². The molecule has 1 aromatic rings. The first kappa shape index (κ1) is 16.2. The van der Waals surface area contributed by atoms with E-state index < -0.39 is 13.9 Å². The highest BCUT2D eigenvalue weighted by Crippen LogP contribution is 2.35. The van der Waals surface area contributed by atoms with Gasteiger partial charge in [-0.25, -0.2) is 9.98 Å². The van der Waals surface area contributed by atoms with Crippen molar-refractivity contribution in [1.82, 2.24) is 9.55 Å². The summed E-state index contributed by atoms with van der Waals surface area (Å²) in [7, 11) is -4.23. The fourth-order valence-electron chi connectivity index (χ4n) is 1.39. The van der Waals surface area contributed by atoms with E-state index in [0.717, 1.165) is 0 Å². The summed E-state index contributed by atoms with van der Waals surface area (Å²) in [5.74, 6) is 0.647. The van der Waals surface area contributed by atoms with Crippen molar-refractivity contribution in [1.29, 1.82) is 0 Å². The molecule has 0 unspecified atom stereocenters. The molecular formula is C11H17N4O4P. The van der Waals surface area contributed by atoms with Crippen molar-refractivity contribution in [2.75, 3.05) is 6.35 Å². The Kier molecular flexibility index (Phi) is 5.26. The quantitative estimate of drug-likeness (QED) is 0.395. The summed E-state index contributed by atoms with van der Waals surface area (Å²) in [6.07, 6.45) is 2.32. The van der Waals surface area contributed by atoms with E-state index in [4.69, 9.17) is 20.3 Å². The number of aliphatic imine (C=N–C) groups is 1. The number of aromatic nitrogens is 2. The van der Waals surface area contributed by atoms with Gasteiger partial charge in [0.1, 0.15) is 11.5 Å². The van der Waals surface area contributed by atoms with Crippen LogP contribution in [-0.4, -0.2) is 31.9 Å². The highest BCUT2D eigenvalue weighted by molar-refractivity contribution is 7.51. The Balaban J connectivity index is 2.85. The normalized spacial score (nSPS) is 11.8. The Morgan fingerprint density at radius 2 is 2.30 bits per heavy atom. The average molecular weight is 300 g/mol. The summed E-state index contributed by atoms with van der Waals surface area (Å²) in [6, 6.07) is 0. The highest BCUT2D eigenvalue weighted by Gasteiger charge is 2.16. The minimum Gasteiger partial charge on any atom is -0.484 e. The molecule has 0 aliphatic carbocycles. The molecule has 0 aliphatic rings. The minimum atomic E-state index is -4.23. The van der Waals surface area contributed by atoms with E-state index in [2.05, 4.69) is 23.1 Å². The standard InChI is InChI=1S/C11H17N4O4P/c1-4-13-11-10(9(3)12)14-6-15(11)5-8(2)19-7-20(16,17)18/h4,6H,2-3,5,7,12H2,1H3,(H2,16,17,18)/b13-4-. The van der Waals surface area contributed by atoms with Crippen LogP contribution in [0.4, 0.5) is 5.82 Å². The number of ether oxygens (including phenoxy) is 1. The minimum absolute atomic E-state index is 0.146. The van der Waals surface area contributed by atoms with Gasteiger partial charge in [0.2, 0.25) is 0 Å². The van der Waals surface area contributed by atoms with Crippen LogP contribution < -0.4 is 5.73 Å². The molecule has 0 radical (unpaired) electrons. The van der Waals surface area contributed by atoms with Crippen molar-refractivity contribution in [2.24, 2.45) is 10.7 Å². The van der Waals surface area contributed by atoms with E-state index in [-0.39, 0.29) is 18.0 Å². The van der Waals surface area contributed by atoms with E-state index >= 15 is 0 Å². The number of nitrogens with zero attached hydrogens (tertiary/aromatic N) is 3. The van der Waals surface area contributed by atoms with Crippen LogP contribution in [0.15, 0.2) is 30.2 Å². The Morgan fingerprint density at radius 1 is 1.65 bits per heavy atom. The van der Waals surface area contributed by atoms with Gasteiger partial charge in [0.15, 0.2) is 12.2 Å². The molecule has 110 valence electrons. The third-order valence-corrected chi connectivity index (χ3v) is 2.61. The van der Waals surface area contributed by atoms with E-state index in [1.807, 2.05) is 0 Å². The molecule has 1 heterocycles. The second-order valence-corrected chi connectivity index (χ2v) is 5.52. The van der Waals surface area contributed by atoms with Crippen LogP contribution in [0.1, 0.15) is 12.6 Å². The third-order valence-electron chi connectivity index (χ3n) is 2.15. The van der Waals surface area contributed by atoms with E-state index in [0.29, 0.717) is 11.5 Å². The van der Waals surface area contributed by atoms with E-state index in [9.17, 15) is 4.57 Å². The molecule has 0 aromatic carbocycles. The van der Waals surface area contributed by atoms with Crippen LogP contribution in [0.2, 0.25) is 0 Å². The highest BCUT2D eigenvalue weighted by atomic mass is 31.2. The second-order valence-electron chi connectivity index (χ2n) is 3.93. The molecule has 1 rings (SSSR count). The Bertz CT molecular complexity index is 587. The van der Waals surface area contributed by atoms with Gasteiger partial charge in [-0.3, -0.25) is 4.57 Å². The van der Waals surface area contributed by atoms with E-state index in [1.54, 1.807) is 17.7 Å². The first-order valence-corrected chi connectivity index (χ1v) is 7.38. The lowest BCUT2D eigenvalue weighted by molar-refractivity contribution is 0.217. The monoisotopic (exact) mass is 300 g/mol. The molecule has 4 N–H and O–H groups in total. The maximum atomic E-state index is 10.7. The van der Waals surface area contributed by atoms with Crippen molar-refractivity contribution in [3.8, 4) is 0 Å². The first-order chi connectivity index (χ1) is 9.24. The predicted octanol–water partition coefficient (Wildman–Crippen LogP) is 1.20. The van der Waals surface area contributed by atoms with Gasteiger partial charge in [0, 0.05) is 6.21 Å². The fraction of sp³-hybridized carbons (Fsp3) is 0.273. The second kappa shape index (κ2) is 6.51. The van der Waals surface area contributed by atoms with Crippen LogP contribution in [0.25, 0.3) is 5.70 Å². The van der Waals surface area contributed by atoms with Gasteiger partial charge in [-0.15, -0.1) is 0 Å². The number of rotatable bonds is 7. The SMILES string of the molecule is C=C(Cn1cnc(C(=C)N)c1/N=C\C)OCP(=O)(O)O. The maximum absolute atomic E-state index is 10.7. The topological polar surface area (TPSA) is 123 Å². The molecule has 0 saturated heterocycles. The van der Waals surface area contributed by atoms with E-state index in [1.165, 1.54) is 6.33 Å². The van der Waals surface area contributed by atoms with Crippen LogP contribution in [0.5, 0.6) is 0 Å². The van der Waals surface area contributed by atoms with Crippen molar-refractivity contribution in [3.05, 3.63) is 30.9 Å². The number of hydrogen-bond donors (Lipinski definition) is 3. The molecule has 9 heteroatoms. The molecule has 0 bridgehead atoms. The maximum Gasteiger partial charge on any atom is 0.362 e. The zero-order chi connectivity index (χ0) is 15.3. The summed E-state index contributed by atoms with van der Waals surface area (Å²) in [4.78, 5) is 25.6. The summed E-state index contributed by atoms with van der Waals surface area (Å²) >= 11 is 0. The third kappa shape index (κ3) is 4.65. The molecule has 8 nitrogen and oxygen atoms in total. The molecule has 20 heavy (non-hydrogen) atoms. The zero-order valence-electron chi connectivity index (χ0n) is 11.1. The molecule has 0 saturated carbocycles. The van der Waals surface area contributed by atoms with Crippen LogP contribution in [0.3, 0.4) is 0 Å². The fourth-order valence-corrected chi connectivity index (χ4v) is 1.74. The first-order valence-electron chi connectivity index (χ1n) is 5.58. The number of allylic oxidation sites excluding steroid dienone is 1. The molecule has 0 aliphatic heterocycles. The van der Waals surface area contributed by atoms with Crippen molar-refractivity contribution in [3.63, 3.8) is 0 Å². The van der Waals surface area contributed by atoms with Gasteiger partial charge in [0.05, 0.1) is 18.6 Å². The lowest BCUT2D eigenvalue weighted by Gasteiger charge is -2.11. The zero-order valence-corrected chi connectivity index (χ0v) is 12.0. The molecule has 1 aromatic heterocycles. The number of hydrogen-bond acceptors (Lipinski definition) is 5. The van der Waals surface area contributed by atoms with Gasteiger partial charge >= 0.3 is 7.60 Å². The Morgan fingerprint density at radius 3 is 2.80 bits per heavy atom. The number of imidazole rings is 1. The largest absolute Gasteiger partial charge is 0.484 e.